The molecule has 28 heavy (non-hydrogen) atoms. The minimum absolute atomic E-state index is 0.332. The number of likely N-dealkylation sites (N-methyl/N-ethyl adjacent to an activating group) is 1. The molecule has 1 atom stereocenters. The molecule has 0 aliphatic heterocycles. The Hall–Kier alpha value is -1.06. The van der Waals surface area contributed by atoms with Crippen molar-refractivity contribution in [3.05, 3.63) is 29.8 Å². The van der Waals surface area contributed by atoms with Crippen molar-refractivity contribution in [3.8, 4) is 5.75 Å². The smallest absolute Gasteiger partial charge is 0.119 e. The molecule has 0 spiro atoms. The molecule has 1 aromatic carbocycles. The maximum absolute atomic E-state index is 9.66. The number of unbranched alkanes of at least 4 members (excludes halogenated alkanes) is 12. The minimum atomic E-state index is -0.463. The summed E-state index contributed by atoms with van der Waals surface area (Å²) in [5, 5.41) is 12.6. The van der Waals surface area contributed by atoms with E-state index in [1.807, 2.05) is 19.2 Å². The predicted octanol–water partition coefficient (Wildman–Crippen LogP) is 6.28. The van der Waals surface area contributed by atoms with E-state index in [1.54, 1.807) is 0 Å². The lowest BCUT2D eigenvalue weighted by molar-refractivity contribution is 0.108. The highest BCUT2D eigenvalue weighted by atomic mass is 16.5. The van der Waals surface area contributed by atoms with E-state index in [0.29, 0.717) is 13.2 Å². The van der Waals surface area contributed by atoms with Crippen molar-refractivity contribution in [2.24, 2.45) is 0 Å². The number of ether oxygens (including phenoxy) is 1. The Kier molecular flexibility index (Phi) is 16.1. The highest BCUT2D eigenvalue weighted by molar-refractivity contribution is 5.27. The first-order valence-electron chi connectivity index (χ1n) is 11.8. The first-order valence-corrected chi connectivity index (χ1v) is 11.8. The molecule has 3 nitrogen and oxygen atoms in total. The lowest BCUT2D eigenvalue weighted by atomic mass is 10.0. The van der Waals surface area contributed by atoms with Crippen LogP contribution in [0.15, 0.2) is 24.3 Å². The number of benzene rings is 1. The first-order chi connectivity index (χ1) is 13.8. The van der Waals surface area contributed by atoms with Gasteiger partial charge in [0.2, 0.25) is 0 Å². The maximum atomic E-state index is 9.66. The zero-order valence-corrected chi connectivity index (χ0v) is 18.6. The third-order valence-electron chi connectivity index (χ3n) is 5.37. The molecule has 0 bridgehead atoms. The minimum Gasteiger partial charge on any atom is -0.491 e. The Morgan fingerprint density at radius 1 is 0.786 bits per heavy atom. The number of aryl methyl sites for hydroxylation is 1. The fraction of sp³-hybridized carbons (Fsp3) is 0.760. The number of hydrogen-bond acceptors (Lipinski definition) is 3. The van der Waals surface area contributed by atoms with E-state index in [2.05, 4.69) is 24.4 Å². The second-order valence-corrected chi connectivity index (χ2v) is 8.16. The largest absolute Gasteiger partial charge is 0.491 e. The predicted molar refractivity (Wildman–Crippen MR) is 121 cm³/mol. The van der Waals surface area contributed by atoms with E-state index in [0.717, 1.165) is 12.2 Å². The molecule has 0 aliphatic carbocycles. The fourth-order valence-corrected chi connectivity index (χ4v) is 3.59. The van der Waals surface area contributed by atoms with E-state index in [4.69, 9.17) is 4.74 Å². The SMILES string of the molecule is CCCCCCCCCCCCCCCc1ccc(OCC(O)CNC)cc1. The fourth-order valence-electron chi connectivity index (χ4n) is 3.59. The lowest BCUT2D eigenvalue weighted by Gasteiger charge is -2.12. The molecular weight excluding hydrogens is 346 g/mol. The second-order valence-electron chi connectivity index (χ2n) is 8.16. The van der Waals surface area contributed by atoms with Gasteiger partial charge in [-0.1, -0.05) is 96.1 Å². The van der Waals surface area contributed by atoms with Gasteiger partial charge in [-0.25, -0.2) is 0 Å². The molecule has 0 heterocycles. The van der Waals surface area contributed by atoms with Crippen molar-refractivity contribution in [2.45, 2.75) is 103 Å². The number of aliphatic hydroxyl groups excluding tert-OH is 1. The van der Waals surface area contributed by atoms with Crippen LogP contribution in [0.2, 0.25) is 0 Å². The Morgan fingerprint density at radius 3 is 1.79 bits per heavy atom. The van der Waals surface area contributed by atoms with Gasteiger partial charge >= 0.3 is 0 Å². The van der Waals surface area contributed by atoms with E-state index < -0.39 is 6.10 Å². The molecular formula is C25H45NO2. The lowest BCUT2D eigenvalue weighted by Crippen LogP contribution is -2.29. The van der Waals surface area contributed by atoms with E-state index in [-0.39, 0.29) is 0 Å². The Bertz CT molecular complexity index is 446. The van der Waals surface area contributed by atoms with Gasteiger partial charge in [0.1, 0.15) is 18.5 Å². The van der Waals surface area contributed by atoms with Gasteiger partial charge in [0.15, 0.2) is 0 Å². The quantitative estimate of drug-likeness (QED) is 0.273. The van der Waals surface area contributed by atoms with Crippen molar-refractivity contribution in [1.82, 2.24) is 5.32 Å². The molecule has 0 saturated carbocycles. The highest BCUT2D eigenvalue weighted by Crippen LogP contribution is 2.16. The van der Waals surface area contributed by atoms with Crippen molar-refractivity contribution in [2.75, 3.05) is 20.2 Å². The van der Waals surface area contributed by atoms with E-state index >= 15 is 0 Å². The second kappa shape index (κ2) is 18.0. The summed E-state index contributed by atoms with van der Waals surface area (Å²) in [4.78, 5) is 0. The summed E-state index contributed by atoms with van der Waals surface area (Å²) in [5.74, 6) is 0.837. The van der Waals surface area contributed by atoms with Crippen molar-refractivity contribution >= 4 is 0 Å². The molecule has 162 valence electrons. The average Bonchev–Trinajstić information content (AvgIpc) is 2.71. The average molecular weight is 392 g/mol. The first kappa shape index (κ1) is 25.0. The zero-order valence-electron chi connectivity index (χ0n) is 18.6. The molecule has 0 saturated heterocycles. The van der Waals surface area contributed by atoms with Crippen molar-refractivity contribution in [1.29, 1.82) is 0 Å². The van der Waals surface area contributed by atoms with Gasteiger partial charge in [-0.15, -0.1) is 0 Å². The van der Waals surface area contributed by atoms with Gasteiger partial charge in [0.25, 0.3) is 0 Å². The van der Waals surface area contributed by atoms with E-state index in [9.17, 15) is 5.11 Å². The monoisotopic (exact) mass is 391 g/mol. The summed E-state index contributed by atoms with van der Waals surface area (Å²) >= 11 is 0. The third kappa shape index (κ3) is 14.0. The molecule has 1 aromatic rings. The van der Waals surface area contributed by atoms with Crippen LogP contribution >= 0.6 is 0 Å². The van der Waals surface area contributed by atoms with Gasteiger partial charge in [-0.3, -0.25) is 0 Å². The molecule has 0 amide bonds. The van der Waals surface area contributed by atoms with E-state index in [1.165, 1.54) is 89.0 Å². The Balaban J connectivity index is 1.93. The van der Waals surface area contributed by atoms with Crippen LogP contribution in [0.5, 0.6) is 5.75 Å². The van der Waals surface area contributed by atoms with Gasteiger partial charge in [0, 0.05) is 6.54 Å². The van der Waals surface area contributed by atoms with Gasteiger partial charge in [0.05, 0.1) is 0 Å². The van der Waals surface area contributed by atoms with Crippen LogP contribution < -0.4 is 10.1 Å². The molecule has 0 fully saturated rings. The molecule has 1 rings (SSSR count). The highest BCUT2D eigenvalue weighted by Gasteiger charge is 2.03. The van der Waals surface area contributed by atoms with Crippen LogP contribution in [0.4, 0.5) is 0 Å². The number of rotatable bonds is 19. The number of aliphatic hydroxyl groups is 1. The molecule has 0 aliphatic rings. The third-order valence-corrected chi connectivity index (χ3v) is 5.37. The number of hydrogen-bond donors (Lipinski definition) is 2. The van der Waals surface area contributed by atoms with Crippen LogP contribution in [0.25, 0.3) is 0 Å². The molecule has 3 heteroatoms. The maximum Gasteiger partial charge on any atom is 0.119 e. The normalized spacial score (nSPS) is 12.2. The number of nitrogens with one attached hydrogen (secondary N) is 1. The van der Waals surface area contributed by atoms with Crippen LogP contribution in [-0.2, 0) is 6.42 Å². The van der Waals surface area contributed by atoms with Gasteiger partial charge < -0.3 is 15.2 Å². The Labute approximate surface area is 174 Å². The summed E-state index contributed by atoms with van der Waals surface area (Å²) in [7, 11) is 1.83. The van der Waals surface area contributed by atoms with Crippen LogP contribution in [-0.4, -0.2) is 31.4 Å². The topological polar surface area (TPSA) is 41.5 Å². The van der Waals surface area contributed by atoms with Gasteiger partial charge in [-0.2, -0.15) is 0 Å². The van der Waals surface area contributed by atoms with Crippen molar-refractivity contribution in [3.63, 3.8) is 0 Å². The summed E-state index contributed by atoms with van der Waals surface area (Å²) in [5.41, 5.74) is 1.38. The van der Waals surface area contributed by atoms with Crippen molar-refractivity contribution < 1.29 is 9.84 Å². The molecule has 0 radical (unpaired) electrons. The summed E-state index contributed by atoms with van der Waals surface area (Å²) < 4.78 is 5.61. The zero-order chi connectivity index (χ0) is 20.3. The molecule has 0 aromatic heterocycles. The van der Waals surface area contributed by atoms with Gasteiger partial charge in [-0.05, 0) is 37.6 Å². The summed E-state index contributed by atoms with van der Waals surface area (Å²) in [6.07, 6.45) is 18.9. The molecule has 2 N–H and O–H groups in total. The summed E-state index contributed by atoms with van der Waals surface area (Å²) in [6, 6.07) is 8.34. The van der Waals surface area contributed by atoms with Crippen LogP contribution in [0, 0.1) is 0 Å². The van der Waals surface area contributed by atoms with Crippen LogP contribution in [0.3, 0.4) is 0 Å². The Morgan fingerprint density at radius 2 is 1.29 bits per heavy atom. The standard InChI is InChI=1S/C25H45NO2/c1-3-4-5-6-7-8-9-10-11-12-13-14-15-16-23-17-19-25(20-18-23)28-22-24(27)21-26-2/h17-20,24,26-27H,3-16,21-22H2,1-2H3. The molecule has 1 unspecified atom stereocenters. The van der Waals surface area contributed by atoms with Crippen LogP contribution in [0.1, 0.15) is 96.0 Å². The summed E-state index contributed by atoms with van der Waals surface area (Å²) in [6.45, 7) is 3.17.